The second kappa shape index (κ2) is 5.33. The minimum atomic E-state index is -0.390. The number of benzene rings is 1. The van der Waals surface area contributed by atoms with E-state index in [2.05, 4.69) is 4.98 Å². The Hall–Kier alpha value is -1.74. The van der Waals surface area contributed by atoms with Crippen molar-refractivity contribution in [1.82, 2.24) is 4.98 Å². The maximum atomic E-state index is 13.0. The van der Waals surface area contributed by atoms with Crippen LogP contribution in [0, 0.1) is 5.82 Å². The van der Waals surface area contributed by atoms with Crippen molar-refractivity contribution in [2.45, 2.75) is 25.2 Å². The number of ketones is 1. The van der Waals surface area contributed by atoms with Gasteiger partial charge >= 0.3 is 0 Å². The van der Waals surface area contributed by atoms with Gasteiger partial charge in [-0.25, -0.2) is 4.39 Å². The molecule has 1 unspecified atom stereocenters. The number of halogens is 2. The molecule has 0 N–H and O–H groups in total. The van der Waals surface area contributed by atoms with Gasteiger partial charge in [-0.2, -0.15) is 0 Å². The highest BCUT2D eigenvalue weighted by Crippen LogP contribution is 2.33. The number of nitrogens with zero attached hydrogens (tertiary/aromatic N) is 1. The smallest absolute Gasteiger partial charge is 0.146 e. The molecule has 3 rings (SSSR count). The largest absolute Gasteiger partial charge is 0.299 e. The number of aryl methyl sites for hydroxylation is 1. The van der Waals surface area contributed by atoms with E-state index in [9.17, 15) is 9.18 Å². The summed E-state index contributed by atoms with van der Waals surface area (Å²) >= 11 is 5.97. The Morgan fingerprint density at radius 3 is 3.05 bits per heavy atom. The molecule has 1 aliphatic carbocycles. The highest BCUT2D eigenvalue weighted by Gasteiger charge is 2.29. The Labute approximate surface area is 121 Å². The van der Waals surface area contributed by atoms with Gasteiger partial charge in [-0.15, -0.1) is 0 Å². The van der Waals surface area contributed by atoms with Crippen LogP contribution in [0.25, 0.3) is 0 Å². The Kier molecular flexibility index (Phi) is 3.53. The van der Waals surface area contributed by atoms with Crippen molar-refractivity contribution in [2.24, 2.45) is 0 Å². The first-order chi connectivity index (χ1) is 9.65. The second-order valence-electron chi connectivity index (χ2n) is 5.02. The van der Waals surface area contributed by atoms with Crippen molar-refractivity contribution in [2.75, 3.05) is 0 Å². The average molecular weight is 290 g/mol. The van der Waals surface area contributed by atoms with E-state index in [0.29, 0.717) is 10.6 Å². The Morgan fingerprint density at radius 1 is 1.40 bits per heavy atom. The van der Waals surface area contributed by atoms with Crippen LogP contribution in [-0.2, 0) is 17.6 Å². The summed E-state index contributed by atoms with van der Waals surface area (Å²) in [5.74, 6) is -0.456. The summed E-state index contributed by atoms with van der Waals surface area (Å²) in [5, 5.41) is 0.303. The Morgan fingerprint density at radius 2 is 2.25 bits per heavy atom. The molecule has 0 saturated heterocycles. The number of carbonyl (C=O) groups excluding carboxylic acids is 1. The molecule has 0 fully saturated rings. The molecule has 20 heavy (non-hydrogen) atoms. The monoisotopic (exact) mass is 289 g/mol. The first kappa shape index (κ1) is 13.3. The van der Waals surface area contributed by atoms with Gasteiger partial charge in [0, 0.05) is 17.6 Å². The first-order valence-corrected chi connectivity index (χ1v) is 6.93. The Bertz CT molecular complexity index is 671. The highest BCUT2D eigenvalue weighted by molar-refractivity contribution is 6.31. The molecule has 0 saturated carbocycles. The topological polar surface area (TPSA) is 30.0 Å². The number of Topliss-reactive ketones (excluding diaryl/α,β-unsaturated/α-hetero) is 1. The summed E-state index contributed by atoms with van der Waals surface area (Å²) in [5.41, 5.74) is 2.70. The third-order valence-corrected chi connectivity index (χ3v) is 4.08. The van der Waals surface area contributed by atoms with Gasteiger partial charge in [0.05, 0.1) is 11.6 Å². The van der Waals surface area contributed by atoms with Gasteiger partial charge in [0.2, 0.25) is 0 Å². The molecule has 1 heterocycles. The zero-order valence-corrected chi connectivity index (χ0v) is 11.5. The lowest BCUT2D eigenvalue weighted by molar-refractivity contribution is -0.119. The molecule has 0 aliphatic heterocycles. The molecule has 102 valence electrons. The lowest BCUT2D eigenvalue weighted by Gasteiger charge is -2.10. The number of hydrogen-bond donors (Lipinski definition) is 0. The minimum Gasteiger partial charge on any atom is -0.299 e. The van der Waals surface area contributed by atoms with Crippen molar-refractivity contribution >= 4 is 17.4 Å². The van der Waals surface area contributed by atoms with Gasteiger partial charge in [0.1, 0.15) is 11.6 Å². The van der Waals surface area contributed by atoms with Crippen LogP contribution in [-0.4, -0.2) is 10.8 Å². The standard InChI is InChI=1S/C16H13ClFNO/c17-14-9-12(18)5-3-11(14)8-15(20)13-6-4-10-2-1-7-19-16(10)13/h1-3,5,7,9,13H,4,6,8H2. The summed E-state index contributed by atoms with van der Waals surface area (Å²) in [6.07, 6.45) is 3.62. The molecule has 0 bridgehead atoms. The van der Waals surface area contributed by atoms with E-state index in [4.69, 9.17) is 11.6 Å². The lowest BCUT2D eigenvalue weighted by atomic mass is 9.95. The molecule has 2 aromatic rings. The number of rotatable bonds is 3. The van der Waals surface area contributed by atoms with Gasteiger partial charge < -0.3 is 0 Å². The molecule has 1 aliphatic rings. The summed E-state index contributed by atoms with van der Waals surface area (Å²) in [4.78, 5) is 16.7. The fourth-order valence-electron chi connectivity index (χ4n) is 2.70. The molecule has 1 aromatic carbocycles. The van der Waals surface area contributed by atoms with Crippen LogP contribution in [0.2, 0.25) is 5.02 Å². The second-order valence-corrected chi connectivity index (χ2v) is 5.43. The zero-order chi connectivity index (χ0) is 14.1. The van der Waals surface area contributed by atoms with Crippen molar-refractivity contribution in [1.29, 1.82) is 0 Å². The SMILES string of the molecule is O=C(Cc1ccc(F)cc1Cl)C1CCc2cccnc21. The normalized spacial score (nSPS) is 17.0. The van der Waals surface area contributed by atoms with E-state index >= 15 is 0 Å². The number of fused-ring (bicyclic) bond motifs is 1. The fourth-order valence-corrected chi connectivity index (χ4v) is 2.94. The fraction of sp³-hybridized carbons (Fsp3) is 0.250. The van der Waals surface area contributed by atoms with Crippen molar-refractivity contribution in [3.63, 3.8) is 0 Å². The molecule has 1 aromatic heterocycles. The molecule has 0 radical (unpaired) electrons. The molecular formula is C16H13ClFNO. The van der Waals surface area contributed by atoms with E-state index < -0.39 is 0 Å². The Balaban J connectivity index is 1.81. The number of pyridine rings is 1. The third kappa shape index (κ3) is 2.46. The van der Waals surface area contributed by atoms with Crippen molar-refractivity contribution in [3.05, 3.63) is 64.2 Å². The van der Waals surface area contributed by atoms with Crippen LogP contribution in [0.3, 0.4) is 0 Å². The van der Waals surface area contributed by atoms with E-state index in [1.54, 1.807) is 12.3 Å². The van der Waals surface area contributed by atoms with Crippen LogP contribution >= 0.6 is 11.6 Å². The average Bonchev–Trinajstić information content (AvgIpc) is 2.86. The molecule has 1 atom stereocenters. The first-order valence-electron chi connectivity index (χ1n) is 6.55. The summed E-state index contributed by atoms with van der Waals surface area (Å²) < 4.78 is 13.0. The van der Waals surface area contributed by atoms with Crippen LogP contribution < -0.4 is 0 Å². The summed E-state index contributed by atoms with van der Waals surface area (Å²) in [6, 6.07) is 8.05. The van der Waals surface area contributed by atoms with Crippen LogP contribution in [0.5, 0.6) is 0 Å². The van der Waals surface area contributed by atoms with E-state index in [0.717, 1.165) is 24.1 Å². The predicted molar refractivity (Wildman–Crippen MR) is 75.4 cm³/mol. The highest BCUT2D eigenvalue weighted by atomic mass is 35.5. The van der Waals surface area contributed by atoms with E-state index in [-0.39, 0.29) is 23.9 Å². The zero-order valence-electron chi connectivity index (χ0n) is 10.8. The number of carbonyl (C=O) groups is 1. The van der Waals surface area contributed by atoms with E-state index in [1.165, 1.54) is 12.1 Å². The number of hydrogen-bond acceptors (Lipinski definition) is 2. The van der Waals surface area contributed by atoms with Crippen LogP contribution in [0.15, 0.2) is 36.5 Å². The van der Waals surface area contributed by atoms with Gasteiger partial charge in [0.15, 0.2) is 0 Å². The summed E-state index contributed by atoms with van der Waals surface area (Å²) in [6.45, 7) is 0. The van der Waals surface area contributed by atoms with Gasteiger partial charge in [0.25, 0.3) is 0 Å². The van der Waals surface area contributed by atoms with Gasteiger partial charge in [-0.3, -0.25) is 9.78 Å². The maximum absolute atomic E-state index is 13.0. The molecule has 4 heteroatoms. The molecule has 0 amide bonds. The van der Waals surface area contributed by atoms with Crippen LogP contribution in [0.4, 0.5) is 4.39 Å². The molecule has 0 spiro atoms. The van der Waals surface area contributed by atoms with Gasteiger partial charge in [-0.05, 0) is 42.2 Å². The molecular weight excluding hydrogens is 277 g/mol. The molecule has 2 nitrogen and oxygen atoms in total. The third-order valence-electron chi connectivity index (χ3n) is 3.73. The van der Waals surface area contributed by atoms with Gasteiger partial charge in [-0.1, -0.05) is 23.7 Å². The minimum absolute atomic E-state index is 0.0935. The van der Waals surface area contributed by atoms with Crippen molar-refractivity contribution in [3.8, 4) is 0 Å². The summed E-state index contributed by atoms with van der Waals surface area (Å²) in [7, 11) is 0. The van der Waals surface area contributed by atoms with Crippen molar-refractivity contribution < 1.29 is 9.18 Å². The number of aromatic nitrogens is 1. The van der Waals surface area contributed by atoms with Crippen LogP contribution in [0.1, 0.15) is 29.2 Å². The van der Waals surface area contributed by atoms with E-state index in [1.807, 2.05) is 12.1 Å². The maximum Gasteiger partial charge on any atom is 0.146 e. The predicted octanol–water partition coefficient (Wildman–Crippen LogP) is 3.72. The lowest BCUT2D eigenvalue weighted by Crippen LogP contribution is -2.14. The quantitative estimate of drug-likeness (QED) is 0.862.